The molecule has 7 heteroatoms. The lowest BCUT2D eigenvalue weighted by Gasteiger charge is -2.10. The summed E-state index contributed by atoms with van der Waals surface area (Å²) in [7, 11) is 3.06. The molecule has 3 N–H and O–H groups in total. The van der Waals surface area contributed by atoms with Gasteiger partial charge in [-0.3, -0.25) is 0 Å². The molecular weight excluding hydrogens is 369 g/mol. The van der Waals surface area contributed by atoms with Gasteiger partial charge in [0, 0.05) is 16.6 Å². The second kappa shape index (κ2) is 8.14. The van der Waals surface area contributed by atoms with Gasteiger partial charge in [-0.2, -0.15) is 13.2 Å². The van der Waals surface area contributed by atoms with Crippen LogP contribution in [0, 0.1) is 0 Å². The van der Waals surface area contributed by atoms with Crippen LogP contribution in [-0.2, 0) is 12.6 Å². The van der Waals surface area contributed by atoms with Crippen LogP contribution in [0.2, 0.25) is 0 Å². The zero-order valence-electron chi connectivity index (χ0n) is 15.8. The minimum absolute atomic E-state index is 0.0996. The van der Waals surface area contributed by atoms with E-state index in [1.807, 2.05) is 6.07 Å². The fourth-order valence-corrected chi connectivity index (χ4v) is 3.45. The summed E-state index contributed by atoms with van der Waals surface area (Å²) in [5.41, 5.74) is 7.27. The number of ether oxygens (including phenoxy) is 2. The summed E-state index contributed by atoms with van der Waals surface area (Å²) < 4.78 is 51.2. The normalized spacial score (nSPS) is 11.8. The van der Waals surface area contributed by atoms with Crippen molar-refractivity contribution in [3.05, 3.63) is 47.5 Å². The van der Waals surface area contributed by atoms with E-state index in [4.69, 9.17) is 15.2 Å². The van der Waals surface area contributed by atoms with Crippen LogP contribution in [0.1, 0.15) is 24.0 Å². The monoisotopic (exact) mass is 392 g/mol. The van der Waals surface area contributed by atoms with Gasteiger partial charge in [0.05, 0.1) is 25.3 Å². The Morgan fingerprint density at radius 2 is 1.75 bits per heavy atom. The van der Waals surface area contributed by atoms with Gasteiger partial charge in [-0.1, -0.05) is 12.1 Å². The molecule has 0 saturated heterocycles. The lowest BCUT2D eigenvalue weighted by Crippen LogP contribution is -2.05. The van der Waals surface area contributed by atoms with Crippen LogP contribution in [0.15, 0.2) is 36.4 Å². The Bertz CT molecular complexity index is 964. The summed E-state index contributed by atoms with van der Waals surface area (Å²) in [6.45, 7) is 0.544. The van der Waals surface area contributed by atoms with Crippen LogP contribution in [0.4, 0.5) is 13.2 Å². The van der Waals surface area contributed by atoms with Crippen LogP contribution in [0.25, 0.3) is 22.2 Å². The van der Waals surface area contributed by atoms with Gasteiger partial charge >= 0.3 is 6.18 Å². The maximum Gasteiger partial charge on any atom is 0.418 e. The molecule has 4 nitrogen and oxygen atoms in total. The number of nitrogens with two attached hydrogens (primary N) is 1. The molecular formula is C21H23F3N2O2. The minimum atomic E-state index is -4.44. The number of unbranched alkanes of at least 4 members (excludes halogenated alkanes) is 1. The van der Waals surface area contributed by atoms with Crippen molar-refractivity contribution < 1.29 is 22.6 Å². The van der Waals surface area contributed by atoms with Crippen LogP contribution >= 0.6 is 0 Å². The van der Waals surface area contributed by atoms with Gasteiger partial charge < -0.3 is 20.2 Å². The Morgan fingerprint density at radius 1 is 1.00 bits per heavy atom. The van der Waals surface area contributed by atoms with Crippen molar-refractivity contribution in [3.8, 4) is 22.8 Å². The molecule has 2 aromatic carbocycles. The van der Waals surface area contributed by atoms with Gasteiger partial charge in [-0.05, 0) is 55.6 Å². The van der Waals surface area contributed by atoms with Crippen molar-refractivity contribution in [1.82, 2.24) is 4.98 Å². The van der Waals surface area contributed by atoms with Crippen LogP contribution < -0.4 is 15.2 Å². The molecule has 1 heterocycles. The third-order valence-electron chi connectivity index (χ3n) is 4.80. The molecule has 0 unspecified atom stereocenters. The number of fused-ring (bicyclic) bond motifs is 1. The first-order valence-electron chi connectivity index (χ1n) is 9.04. The highest BCUT2D eigenvalue weighted by Gasteiger charge is 2.34. The van der Waals surface area contributed by atoms with E-state index in [1.165, 1.54) is 20.3 Å². The number of methoxy groups -OCH3 is 2. The van der Waals surface area contributed by atoms with E-state index in [2.05, 4.69) is 4.98 Å². The highest BCUT2D eigenvalue weighted by Crippen LogP contribution is 2.40. The summed E-state index contributed by atoms with van der Waals surface area (Å²) in [6, 6.07) is 9.59. The number of para-hydroxylation sites is 1. The lowest BCUT2D eigenvalue weighted by molar-refractivity contribution is -0.136. The molecule has 0 spiro atoms. The summed E-state index contributed by atoms with van der Waals surface area (Å²) in [4.78, 5) is 3.02. The van der Waals surface area contributed by atoms with E-state index in [0.29, 0.717) is 35.5 Å². The van der Waals surface area contributed by atoms with Crippen molar-refractivity contribution in [2.45, 2.75) is 25.4 Å². The minimum Gasteiger partial charge on any atom is -0.493 e. The average Bonchev–Trinajstić information content (AvgIpc) is 3.05. The van der Waals surface area contributed by atoms with Crippen molar-refractivity contribution >= 4 is 10.9 Å². The predicted octanol–water partition coefficient (Wildman–Crippen LogP) is 5.15. The van der Waals surface area contributed by atoms with Gasteiger partial charge in [-0.25, -0.2) is 0 Å². The molecule has 28 heavy (non-hydrogen) atoms. The number of rotatable bonds is 7. The molecule has 0 aliphatic heterocycles. The van der Waals surface area contributed by atoms with Gasteiger partial charge in [0.1, 0.15) is 0 Å². The van der Waals surface area contributed by atoms with E-state index in [1.54, 1.807) is 18.2 Å². The third kappa shape index (κ3) is 3.80. The SMILES string of the molecule is COc1ccc(-c2[nH]c3c(C(F)(F)F)cccc3c2CCCCN)cc1OC. The van der Waals surface area contributed by atoms with Crippen molar-refractivity contribution in [2.24, 2.45) is 5.73 Å². The molecule has 0 saturated carbocycles. The maximum atomic E-state index is 13.5. The first kappa shape index (κ1) is 20.1. The van der Waals surface area contributed by atoms with Crippen LogP contribution in [-0.4, -0.2) is 25.7 Å². The Balaban J connectivity index is 2.21. The lowest BCUT2D eigenvalue weighted by atomic mass is 9.99. The van der Waals surface area contributed by atoms with E-state index in [0.717, 1.165) is 30.0 Å². The van der Waals surface area contributed by atoms with Crippen molar-refractivity contribution in [2.75, 3.05) is 20.8 Å². The van der Waals surface area contributed by atoms with Crippen molar-refractivity contribution in [1.29, 1.82) is 0 Å². The number of aromatic nitrogens is 1. The Labute approximate surface area is 161 Å². The molecule has 0 aliphatic carbocycles. The molecule has 3 rings (SSSR count). The second-order valence-corrected chi connectivity index (χ2v) is 6.52. The number of hydrogen-bond donors (Lipinski definition) is 2. The quantitative estimate of drug-likeness (QED) is 0.547. The second-order valence-electron chi connectivity index (χ2n) is 6.52. The molecule has 0 fully saturated rings. The summed E-state index contributed by atoms with van der Waals surface area (Å²) in [5.74, 6) is 1.07. The molecule has 0 atom stereocenters. The Hall–Kier alpha value is -2.67. The molecule has 0 aliphatic rings. The average molecular weight is 392 g/mol. The van der Waals surface area contributed by atoms with Crippen molar-refractivity contribution in [3.63, 3.8) is 0 Å². The number of H-pyrrole nitrogens is 1. The number of aromatic amines is 1. The highest BCUT2D eigenvalue weighted by molar-refractivity contribution is 5.93. The number of benzene rings is 2. The summed E-state index contributed by atoms with van der Waals surface area (Å²) in [6.07, 6.45) is -2.22. The highest BCUT2D eigenvalue weighted by atomic mass is 19.4. The smallest absolute Gasteiger partial charge is 0.418 e. The molecule has 1 aromatic heterocycles. The van der Waals surface area contributed by atoms with Crippen LogP contribution in [0.5, 0.6) is 11.5 Å². The number of alkyl halides is 3. The topological polar surface area (TPSA) is 60.3 Å². The van der Waals surface area contributed by atoms with Gasteiger partial charge in [-0.15, -0.1) is 0 Å². The zero-order chi connectivity index (χ0) is 20.3. The Morgan fingerprint density at radius 3 is 2.39 bits per heavy atom. The van der Waals surface area contributed by atoms with E-state index in [9.17, 15) is 13.2 Å². The number of halogens is 3. The fraction of sp³-hybridized carbons (Fsp3) is 0.333. The molecule has 0 amide bonds. The number of hydrogen-bond acceptors (Lipinski definition) is 3. The standard InChI is InChI=1S/C21H23F3N2O2/c1-27-17-10-9-13(12-18(17)28-2)19-14(6-3-4-11-25)15-7-5-8-16(20(15)26-19)21(22,23)24/h5,7-10,12,26H,3-4,6,11,25H2,1-2H3. The molecule has 3 aromatic rings. The fourth-order valence-electron chi connectivity index (χ4n) is 3.45. The summed E-state index contributed by atoms with van der Waals surface area (Å²) in [5, 5.41) is 0.580. The van der Waals surface area contributed by atoms with Gasteiger partial charge in [0.25, 0.3) is 0 Å². The van der Waals surface area contributed by atoms with Gasteiger partial charge in [0.15, 0.2) is 11.5 Å². The number of aryl methyl sites for hydroxylation is 1. The van der Waals surface area contributed by atoms with E-state index in [-0.39, 0.29) is 5.52 Å². The molecule has 0 bridgehead atoms. The van der Waals surface area contributed by atoms with Gasteiger partial charge in [0.2, 0.25) is 0 Å². The van der Waals surface area contributed by atoms with Crippen LogP contribution in [0.3, 0.4) is 0 Å². The zero-order valence-corrected chi connectivity index (χ0v) is 15.8. The van der Waals surface area contributed by atoms with E-state index < -0.39 is 11.7 Å². The first-order valence-corrected chi connectivity index (χ1v) is 9.04. The summed E-state index contributed by atoms with van der Waals surface area (Å²) >= 11 is 0. The molecule has 150 valence electrons. The third-order valence-corrected chi connectivity index (χ3v) is 4.80. The molecule has 0 radical (unpaired) electrons. The Kier molecular flexibility index (Phi) is 5.84. The number of nitrogens with one attached hydrogen (secondary N) is 1. The predicted molar refractivity (Wildman–Crippen MR) is 104 cm³/mol. The largest absolute Gasteiger partial charge is 0.493 e. The maximum absolute atomic E-state index is 13.5. The first-order chi connectivity index (χ1) is 13.4. The van der Waals surface area contributed by atoms with E-state index >= 15 is 0 Å².